The molecule has 0 bridgehead atoms. The first kappa shape index (κ1) is 20.0. The van der Waals surface area contributed by atoms with Gasteiger partial charge >= 0.3 is 0 Å². The molecule has 1 aromatic heterocycles. The first-order valence-corrected chi connectivity index (χ1v) is 9.82. The maximum Gasteiger partial charge on any atom is 0.253 e. The number of fused-ring (bicyclic) bond motifs is 3. The van der Waals surface area contributed by atoms with E-state index < -0.39 is 0 Å². The van der Waals surface area contributed by atoms with E-state index in [9.17, 15) is 4.79 Å². The van der Waals surface area contributed by atoms with E-state index in [0.717, 1.165) is 64.4 Å². The van der Waals surface area contributed by atoms with E-state index in [4.69, 9.17) is 4.74 Å². The van der Waals surface area contributed by atoms with Gasteiger partial charge in [-0.2, -0.15) is 0 Å². The average Bonchev–Trinajstić information content (AvgIpc) is 3.16. The van der Waals surface area contributed by atoms with Crippen LogP contribution in [0.15, 0.2) is 16.9 Å². The Hall–Kier alpha value is -1.72. The number of nitrogens with one attached hydrogen (secondary N) is 2. The van der Waals surface area contributed by atoms with Crippen LogP contribution >= 0.6 is 0 Å². The minimum absolute atomic E-state index is 0. The molecule has 6 heteroatoms. The van der Waals surface area contributed by atoms with Crippen LogP contribution in [0.2, 0.25) is 0 Å². The molecule has 1 saturated carbocycles. The smallest absolute Gasteiger partial charge is 0.253 e. The number of hydrogen-bond acceptors (Lipinski definition) is 3. The highest BCUT2D eigenvalue weighted by Gasteiger charge is 2.31. The van der Waals surface area contributed by atoms with E-state index in [-0.39, 0.29) is 18.0 Å². The lowest BCUT2D eigenvalue weighted by Gasteiger charge is -2.36. The number of pyridine rings is 1. The molecule has 1 aliphatic carbocycles. The summed E-state index contributed by atoms with van der Waals surface area (Å²) in [5, 5.41) is 4.44. The fourth-order valence-corrected chi connectivity index (χ4v) is 4.86. The number of rotatable bonds is 4. The number of H-pyrrole nitrogens is 1. The Morgan fingerprint density at radius 2 is 1.93 bits per heavy atom. The molecule has 148 valence electrons. The van der Waals surface area contributed by atoms with Gasteiger partial charge in [0.25, 0.3) is 5.56 Å². The molecule has 1 aromatic carbocycles. The predicted molar refractivity (Wildman–Crippen MR) is 106 cm³/mol. The van der Waals surface area contributed by atoms with Crippen molar-refractivity contribution in [3.63, 3.8) is 0 Å². The maximum atomic E-state index is 12.5. The molecule has 27 heavy (non-hydrogen) atoms. The van der Waals surface area contributed by atoms with Gasteiger partial charge in [0.1, 0.15) is 12.3 Å². The Morgan fingerprint density at radius 1 is 1.19 bits per heavy atom. The Morgan fingerprint density at radius 3 is 2.63 bits per heavy atom. The minimum Gasteiger partial charge on any atom is -1.00 e. The molecule has 1 fully saturated rings. The van der Waals surface area contributed by atoms with Crippen molar-refractivity contribution in [2.24, 2.45) is 0 Å². The van der Waals surface area contributed by atoms with Crippen LogP contribution in [0.5, 0.6) is 5.75 Å². The zero-order chi connectivity index (χ0) is 18.3. The van der Waals surface area contributed by atoms with Gasteiger partial charge in [0, 0.05) is 17.7 Å². The molecule has 0 spiro atoms. The second-order valence-electron chi connectivity index (χ2n) is 8.43. The summed E-state index contributed by atoms with van der Waals surface area (Å²) in [5.74, 6) is 0.853. The van der Waals surface area contributed by atoms with Crippen LogP contribution in [-0.4, -0.2) is 43.3 Å². The van der Waals surface area contributed by atoms with Gasteiger partial charge < -0.3 is 31.9 Å². The quantitative estimate of drug-likeness (QED) is 0.743. The van der Waals surface area contributed by atoms with Crippen molar-refractivity contribution in [2.75, 3.05) is 33.1 Å². The third-order valence-corrected chi connectivity index (χ3v) is 6.26. The first-order chi connectivity index (χ1) is 12.5. The normalized spacial score (nSPS) is 17.3. The van der Waals surface area contributed by atoms with E-state index in [1.165, 1.54) is 31.2 Å². The number of halogens is 1. The van der Waals surface area contributed by atoms with Crippen molar-refractivity contribution in [3.8, 4) is 5.75 Å². The largest absolute Gasteiger partial charge is 1.00 e. The lowest BCUT2D eigenvalue weighted by atomic mass is 9.99. The monoisotopic (exact) mass is 391 g/mol. The fraction of sp³-hybridized carbons (Fsp3) is 0.571. The highest BCUT2D eigenvalue weighted by Crippen LogP contribution is 2.37. The highest BCUT2D eigenvalue weighted by atomic mass is 35.5. The van der Waals surface area contributed by atoms with Gasteiger partial charge in [-0.1, -0.05) is 0 Å². The third-order valence-electron chi connectivity index (χ3n) is 6.26. The number of aromatic nitrogens is 1. The van der Waals surface area contributed by atoms with Crippen molar-refractivity contribution in [1.29, 1.82) is 0 Å². The molecule has 0 amide bonds. The van der Waals surface area contributed by atoms with Crippen molar-refractivity contribution in [3.05, 3.63) is 33.6 Å². The molecule has 5 nitrogen and oxygen atoms in total. The summed E-state index contributed by atoms with van der Waals surface area (Å²) in [7, 11) is 6.36. The van der Waals surface area contributed by atoms with Crippen LogP contribution in [0.1, 0.15) is 43.2 Å². The van der Waals surface area contributed by atoms with Gasteiger partial charge in [-0.25, -0.2) is 0 Å². The molecule has 4 rings (SSSR count). The van der Waals surface area contributed by atoms with Gasteiger partial charge in [0.15, 0.2) is 0 Å². The third kappa shape index (κ3) is 3.67. The SMILES string of the molecule is COc1cc(C[N+](C)(C)C2CCCC2)cc2[nH]c(=O)c3c(c12)NCCC3.[Cl-]. The lowest BCUT2D eigenvalue weighted by Crippen LogP contribution is -3.00. The molecular weight excluding hydrogens is 362 g/mol. The van der Waals surface area contributed by atoms with Crippen molar-refractivity contribution in [2.45, 2.75) is 51.1 Å². The number of benzene rings is 1. The number of nitrogens with zero attached hydrogens (tertiary/aromatic N) is 1. The van der Waals surface area contributed by atoms with E-state index in [0.29, 0.717) is 0 Å². The molecule has 2 heterocycles. The van der Waals surface area contributed by atoms with Gasteiger partial charge in [0.05, 0.1) is 43.8 Å². The molecule has 0 saturated heterocycles. The van der Waals surface area contributed by atoms with E-state index in [2.05, 4.69) is 36.5 Å². The topological polar surface area (TPSA) is 54.1 Å². The molecule has 0 atom stereocenters. The predicted octanol–water partition coefficient (Wildman–Crippen LogP) is 0.418. The van der Waals surface area contributed by atoms with Crippen molar-refractivity contribution < 1.29 is 21.6 Å². The molecule has 2 aromatic rings. The summed E-state index contributed by atoms with van der Waals surface area (Å²) < 4.78 is 6.73. The minimum atomic E-state index is 0. The zero-order valence-electron chi connectivity index (χ0n) is 16.5. The lowest BCUT2D eigenvalue weighted by molar-refractivity contribution is -0.927. The molecular formula is C21H30ClN3O2. The standard InChI is InChI=1S/C21H29N3O2.ClH/c1-24(2,15-7-4-5-8-15)13-14-11-17-19(18(12-14)26-3)20-16(21(25)23-17)9-6-10-22-20;/h11-12,15H,4-10,13H2,1-3H3,(H-,22,23,25);1H. The number of ether oxygens (including phenoxy) is 1. The summed E-state index contributed by atoms with van der Waals surface area (Å²) in [6, 6.07) is 5.03. The summed E-state index contributed by atoms with van der Waals surface area (Å²) in [5.41, 5.74) is 3.95. The van der Waals surface area contributed by atoms with Crippen molar-refractivity contribution in [1.82, 2.24) is 4.98 Å². The summed E-state index contributed by atoms with van der Waals surface area (Å²) in [6.07, 6.45) is 7.13. The second-order valence-corrected chi connectivity index (χ2v) is 8.43. The van der Waals surface area contributed by atoms with Crippen molar-refractivity contribution >= 4 is 16.6 Å². The van der Waals surface area contributed by atoms with Crippen LogP contribution < -0.4 is 28.0 Å². The van der Waals surface area contributed by atoms with Crippen LogP contribution in [0, 0.1) is 0 Å². The molecule has 2 aliphatic rings. The molecule has 0 unspecified atom stereocenters. The van der Waals surface area contributed by atoms with Crippen LogP contribution in [0.3, 0.4) is 0 Å². The van der Waals surface area contributed by atoms with E-state index in [1.807, 2.05) is 0 Å². The zero-order valence-corrected chi connectivity index (χ0v) is 17.3. The molecule has 0 radical (unpaired) electrons. The Kier molecular flexibility index (Phi) is 5.73. The number of quaternary nitrogens is 1. The Labute approximate surface area is 167 Å². The second kappa shape index (κ2) is 7.72. The first-order valence-electron chi connectivity index (χ1n) is 9.82. The van der Waals surface area contributed by atoms with Crippen LogP contribution in [-0.2, 0) is 13.0 Å². The summed E-state index contributed by atoms with van der Waals surface area (Å²) >= 11 is 0. The molecule has 1 aliphatic heterocycles. The van der Waals surface area contributed by atoms with E-state index in [1.54, 1.807) is 7.11 Å². The van der Waals surface area contributed by atoms with E-state index >= 15 is 0 Å². The Bertz CT molecular complexity index is 885. The van der Waals surface area contributed by atoms with Crippen LogP contribution in [0.4, 0.5) is 5.69 Å². The van der Waals surface area contributed by atoms with Gasteiger partial charge in [-0.15, -0.1) is 0 Å². The maximum absolute atomic E-state index is 12.5. The van der Waals surface area contributed by atoms with Crippen LogP contribution in [0.25, 0.3) is 10.9 Å². The molecule has 2 N–H and O–H groups in total. The number of methoxy groups -OCH3 is 1. The number of anilines is 1. The Balaban J connectivity index is 0.00000210. The van der Waals surface area contributed by atoms with Gasteiger partial charge in [-0.05, 0) is 50.7 Å². The highest BCUT2D eigenvalue weighted by molar-refractivity contribution is 5.98. The van der Waals surface area contributed by atoms with Gasteiger partial charge in [-0.3, -0.25) is 4.79 Å². The number of hydrogen-bond donors (Lipinski definition) is 2. The average molecular weight is 392 g/mol. The number of aromatic amines is 1. The van der Waals surface area contributed by atoms with Gasteiger partial charge in [0.2, 0.25) is 0 Å². The fourth-order valence-electron chi connectivity index (χ4n) is 4.86. The summed E-state index contributed by atoms with van der Waals surface area (Å²) in [6.45, 7) is 1.85. The summed E-state index contributed by atoms with van der Waals surface area (Å²) in [4.78, 5) is 15.6.